The average molecular weight is 388 g/mol. The Kier molecular flexibility index (Phi) is 6.30. The molecule has 0 radical (unpaired) electrons. The number of benzene rings is 2. The molecule has 2 heteroatoms. The molecule has 0 amide bonds. The van der Waals surface area contributed by atoms with E-state index >= 15 is 0 Å². The summed E-state index contributed by atoms with van der Waals surface area (Å²) in [6.07, 6.45) is 8.55. The third kappa shape index (κ3) is 4.23. The van der Waals surface area contributed by atoms with E-state index in [1.807, 2.05) is 0 Å². The zero-order chi connectivity index (χ0) is 20.2. The molecule has 2 nitrogen and oxygen atoms in total. The highest BCUT2D eigenvalue weighted by Gasteiger charge is 2.29. The summed E-state index contributed by atoms with van der Waals surface area (Å²) in [5, 5.41) is 0. The summed E-state index contributed by atoms with van der Waals surface area (Å²) < 4.78 is 5.37. The number of rotatable bonds is 7. The van der Waals surface area contributed by atoms with Gasteiger partial charge >= 0.3 is 0 Å². The minimum atomic E-state index is 0.239. The number of ether oxygens (including phenoxy) is 1. The van der Waals surface area contributed by atoms with Crippen LogP contribution >= 0.6 is 0 Å². The van der Waals surface area contributed by atoms with Gasteiger partial charge in [0, 0.05) is 25.2 Å². The SMILES string of the molecule is C=C(c1ccc2c(c1)N=C(CCOC)C2c1ccc(CC)cc1)C1CCCCC1. The van der Waals surface area contributed by atoms with E-state index < -0.39 is 0 Å². The molecule has 2 aliphatic rings. The topological polar surface area (TPSA) is 21.6 Å². The van der Waals surface area contributed by atoms with Crippen molar-refractivity contribution in [2.24, 2.45) is 10.9 Å². The Balaban J connectivity index is 1.65. The molecule has 1 fully saturated rings. The Morgan fingerprint density at radius 3 is 2.52 bits per heavy atom. The normalized spacial score (nSPS) is 19.1. The fourth-order valence-corrected chi connectivity index (χ4v) is 4.89. The molecule has 2 aromatic rings. The Labute approximate surface area is 175 Å². The van der Waals surface area contributed by atoms with Crippen molar-refractivity contribution in [2.45, 2.75) is 57.8 Å². The first-order valence-corrected chi connectivity index (χ1v) is 11.2. The van der Waals surface area contributed by atoms with E-state index in [4.69, 9.17) is 9.73 Å². The summed E-state index contributed by atoms with van der Waals surface area (Å²) in [4.78, 5) is 5.07. The molecule has 1 aliphatic heterocycles. The summed E-state index contributed by atoms with van der Waals surface area (Å²) in [5.74, 6) is 0.876. The number of aryl methyl sites for hydroxylation is 1. The average Bonchev–Trinajstić information content (AvgIpc) is 3.15. The molecule has 0 saturated heterocycles. The van der Waals surface area contributed by atoms with E-state index in [-0.39, 0.29) is 5.92 Å². The van der Waals surface area contributed by atoms with Crippen LogP contribution in [0.3, 0.4) is 0 Å². The highest BCUT2D eigenvalue weighted by atomic mass is 16.5. The van der Waals surface area contributed by atoms with Crippen molar-refractivity contribution in [2.75, 3.05) is 13.7 Å². The van der Waals surface area contributed by atoms with Gasteiger partial charge in [-0.05, 0) is 59.1 Å². The largest absolute Gasteiger partial charge is 0.384 e. The molecule has 0 N–H and O–H groups in total. The van der Waals surface area contributed by atoms with Crippen molar-refractivity contribution < 1.29 is 4.74 Å². The van der Waals surface area contributed by atoms with E-state index in [2.05, 4.69) is 56.0 Å². The second-order valence-corrected chi connectivity index (χ2v) is 8.51. The maximum Gasteiger partial charge on any atom is 0.0677 e. The van der Waals surface area contributed by atoms with Crippen LogP contribution in [0.1, 0.15) is 73.6 Å². The molecule has 1 aliphatic carbocycles. The van der Waals surface area contributed by atoms with Crippen LogP contribution in [0.2, 0.25) is 0 Å². The smallest absolute Gasteiger partial charge is 0.0677 e. The monoisotopic (exact) mass is 387 g/mol. The van der Waals surface area contributed by atoms with Gasteiger partial charge in [-0.2, -0.15) is 0 Å². The molecule has 4 rings (SSSR count). The Morgan fingerprint density at radius 2 is 1.83 bits per heavy atom. The fraction of sp³-hybridized carbons (Fsp3) is 0.444. The lowest BCUT2D eigenvalue weighted by atomic mass is 9.81. The predicted octanol–water partition coefficient (Wildman–Crippen LogP) is 7.10. The van der Waals surface area contributed by atoms with Crippen molar-refractivity contribution in [3.8, 4) is 0 Å². The molecule has 0 spiro atoms. The minimum Gasteiger partial charge on any atom is -0.384 e. The second-order valence-electron chi connectivity index (χ2n) is 8.51. The van der Waals surface area contributed by atoms with E-state index in [0.717, 1.165) is 18.5 Å². The lowest BCUT2D eigenvalue weighted by Crippen LogP contribution is -2.12. The van der Waals surface area contributed by atoms with Gasteiger partial charge in [-0.3, -0.25) is 4.99 Å². The van der Waals surface area contributed by atoms with E-state index in [1.54, 1.807) is 7.11 Å². The van der Waals surface area contributed by atoms with Crippen LogP contribution in [-0.2, 0) is 11.2 Å². The van der Waals surface area contributed by atoms with Crippen molar-refractivity contribution in [1.29, 1.82) is 0 Å². The zero-order valence-electron chi connectivity index (χ0n) is 17.9. The third-order valence-electron chi connectivity index (χ3n) is 6.69. The van der Waals surface area contributed by atoms with Gasteiger partial charge in [0.05, 0.1) is 12.3 Å². The number of hydrogen-bond acceptors (Lipinski definition) is 2. The molecule has 1 heterocycles. The third-order valence-corrected chi connectivity index (χ3v) is 6.69. The summed E-state index contributed by atoms with van der Waals surface area (Å²) in [6.45, 7) is 7.38. The quantitative estimate of drug-likeness (QED) is 0.496. The van der Waals surface area contributed by atoms with Crippen LogP contribution in [0, 0.1) is 5.92 Å². The van der Waals surface area contributed by atoms with E-state index in [0.29, 0.717) is 12.5 Å². The summed E-state index contributed by atoms with van der Waals surface area (Å²) in [6, 6.07) is 15.9. The molecule has 152 valence electrons. The second kappa shape index (κ2) is 9.09. The Hall–Kier alpha value is -2.19. The molecule has 1 unspecified atom stereocenters. The van der Waals surface area contributed by atoms with Crippen LogP contribution in [-0.4, -0.2) is 19.4 Å². The first kappa shape index (κ1) is 20.1. The highest BCUT2D eigenvalue weighted by molar-refractivity contribution is 6.01. The fourth-order valence-electron chi connectivity index (χ4n) is 4.89. The van der Waals surface area contributed by atoms with Crippen LogP contribution in [0.5, 0.6) is 0 Å². The Morgan fingerprint density at radius 1 is 1.07 bits per heavy atom. The first-order chi connectivity index (χ1) is 14.2. The predicted molar refractivity (Wildman–Crippen MR) is 123 cm³/mol. The number of hydrogen-bond donors (Lipinski definition) is 0. The molecular formula is C27H33NO. The molecule has 0 bridgehead atoms. The van der Waals surface area contributed by atoms with Gasteiger partial charge in [0.2, 0.25) is 0 Å². The Bertz CT molecular complexity index is 887. The number of nitrogens with zero attached hydrogens (tertiary/aromatic N) is 1. The van der Waals surface area contributed by atoms with E-state index in [1.165, 1.54) is 65.6 Å². The number of fused-ring (bicyclic) bond motifs is 1. The molecule has 0 aromatic heterocycles. The van der Waals surface area contributed by atoms with Gasteiger partial charge in [0.25, 0.3) is 0 Å². The number of allylic oxidation sites excluding steroid dienone is 1. The van der Waals surface area contributed by atoms with Crippen LogP contribution in [0.4, 0.5) is 5.69 Å². The molecule has 1 atom stereocenters. The highest BCUT2D eigenvalue weighted by Crippen LogP contribution is 2.43. The maximum absolute atomic E-state index is 5.37. The molecular weight excluding hydrogens is 354 g/mol. The summed E-state index contributed by atoms with van der Waals surface area (Å²) in [7, 11) is 1.76. The first-order valence-electron chi connectivity index (χ1n) is 11.2. The van der Waals surface area contributed by atoms with Gasteiger partial charge in [-0.1, -0.05) is 69.2 Å². The van der Waals surface area contributed by atoms with Crippen molar-refractivity contribution in [1.82, 2.24) is 0 Å². The van der Waals surface area contributed by atoms with E-state index in [9.17, 15) is 0 Å². The standard InChI is InChI=1S/C27H33NO/c1-4-20-10-12-22(13-11-20)27-24-15-14-23(19(2)21-8-6-5-7-9-21)18-26(24)28-25(27)16-17-29-3/h10-15,18,21,27H,2,4-9,16-17H2,1,3H3. The van der Waals surface area contributed by atoms with Gasteiger partial charge in [0.15, 0.2) is 0 Å². The number of aliphatic imine (C=N–C) groups is 1. The van der Waals surface area contributed by atoms with Gasteiger partial charge in [0.1, 0.15) is 0 Å². The van der Waals surface area contributed by atoms with Crippen LogP contribution in [0.25, 0.3) is 5.57 Å². The van der Waals surface area contributed by atoms with Crippen molar-refractivity contribution in [3.63, 3.8) is 0 Å². The van der Waals surface area contributed by atoms with Gasteiger partial charge < -0.3 is 4.74 Å². The summed E-state index contributed by atoms with van der Waals surface area (Å²) >= 11 is 0. The minimum absolute atomic E-state index is 0.239. The molecule has 2 aromatic carbocycles. The molecule has 29 heavy (non-hydrogen) atoms. The lowest BCUT2D eigenvalue weighted by molar-refractivity contribution is 0.207. The van der Waals surface area contributed by atoms with Crippen molar-refractivity contribution in [3.05, 3.63) is 71.3 Å². The summed E-state index contributed by atoms with van der Waals surface area (Å²) in [5.41, 5.74) is 8.93. The maximum atomic E-state index is 5.37. The lowest BCUT2D eigenvalue weighted by Gasteiger charge is -2.24. The van der Waals surface area contributed by atoms with Gasteiger partial charge in [-0.25, -0.2) is 0 Å². The van der Waals surface area contributed by atoms with Gasteiger partial charge in [-0.15, -0.1) is 0 Å². The van der Waals surface area contributed by atoms with Crippen LogP contribution in [0.15, 0.2) is 54.0 Å². The van der Waals surface area contributed by atoms with Crippen molar-refractivity contribution >= 4 is 17.0 Å². The van der Waals surface area contributed by atoms with Crippen LogP contribution < -0.4 is 0 Å². The zero-order valence-corrected chi connectivity index (χ0v) is 17.9. The molecule has 1 saturated carbocycles. The number of methoxy groups -OCH3 is 1.